The van der Waals surface area contributed by atoms with E-state index in [0.717, 1.165) is 0 Å². The number of carbonyl (C=O) groups is 1. The van der Waals surface area contributed by atoms with Crippen LogP contribution in [0.5, 0.6) is 0 Å². The van der Waals surface area contributed by atoms with Crippen molar-refractivity contribution in [1.82, 2.24) is 15.2 Å². The van der Waals surface area contributed by atoms with Crippen LogP contribution >= 0.6 is 0 Å². The van der Waals surface area contributed by atoms with Crippen LogP contribution in [0.4, 0.5) is 15.1 Å². The van der Waals surface area contributed by atoms with Crippen LogP contribution < -0.4 is 5.43 Å². The quantitative estimate of drug-likeness (QED) is 0.416. The van der Waals surface area contributed by atoms with Gasteiger partial charge in [0.25, 0.3) is 0 Å². The molecule has 138 valence electrons. The summed E-state index contributed by atoms with van der Waals surface area (Å²) < 4.78 is 24.1. The van der Waals surface area contributed by atoms with Crippen molar-refractivity contribution in [2.24, 2.45) is 5.10 Å². The Hall–Kier alpha value is -4.02. The molecule has 3 aromatic rings. The third-order valence-corrected chi connectivity index (χ3v) is 3.38. The molecule has 0 radical (unpaired) electrons. The molecular formula is C16H12FN5O5. The van der Waals surface area contributed by atoms with Gasteiger partial charge in [-0.25, -0.2) is 19.3 Å². The lowest BCUT2D eigenvalue weighted by Crippen LogP contribution is -2.16. The van der Waals surface area contributed by atoms with Crippen LogP contribution in [0.1, 0.15) is 5.56 Å². The number of benzene rings is 1. The van der Waals surface area contributed by atoms with E-state index >= 15 is 0 Å². The van der Waals surface area contributed by atoms with E-state index in [1.54, 1.807) is 6.20 Å². The number of nitro groups is 1. The highest BCUT2D eigenvalue weighted by Crippen LogP contribution is 2.27. The average molecular weight is 373 g/mol. The van der Waals surface area contributed by atoms with Crippen molar-refractivity contribution in [3.63, 3.8) is 0 Å². The van der Waals surface area contributed by atoms with Crippen LogP contribution in [0.3, 0.4) is 0 Å². The Bertz CT molecular complexity index is 1010. The fraction of sp³-hybridized carbons (Fsp3) is 0.0625. The van der Waals surface area contributed by atoms with E-state index in [9.17, 15) is 19.3 Å². The molecule has 11 heteroatoms. The summed E-state index contributed by atoms with van der Waals surface area (Å²) in [6, 6.07) is 8.12. The average Bonchev–Trinajstić information content (AvgIpc) is 3.29. The third kappa shape index (κ3) is 3.98. The fourth-order valence-corrected chi connectivity index (χ4v) is 2.15. The number of hydrogen-bond acceptors (Lipinski definition) is 7. The summed E-state index contributed by atoms with van der Waals surface area (Å²) >= 11 is 0. The summed E-state index contributed by atoms with van der Waals surface area (Å²) in [5, 5.41) is 18.9. The molecule has 1 N–H and O–H groups in total. The first-order valence-electron chi connectivity index (χ1n) is 7.45. The molecule has 2 aromatic heterocycles. The molecule has 0 saturated heterocycles. The zero-order chi connectivity index (χ0) is 19.4. The number of amides is 1. The Morgan fingerprint density at radius 3 is 2.74 bits per heavy atom. The lowest BCUT2D eigenvalue weighted by molar-refractivity contribution is -0.401. The Labute approximate surface area is 151 Å². The Balaban J connectivity index is 2.01. The number of hydrogen-bond donors (Lipinski definition) is 1. The van der Waals surface area contributed by atoms with Crippen molar-refractivity contribution in [1.29, 1.82) is 0 Å². The molecule has 0 aliphatic heterocycles. The van der Waals surface area contributed by atoms with E-state index in [2.05, 4.69) is 20.4 Å². The number of aromatic nitrogens is 2. The molecule has 0 atom stereocenters. The van der Waals surface area contributed by atoms with E-state index in [1.807, 2.05) is 0 Å². The maximum absolute atomic E-state index is 13.1. The normalized spacial score (nSPS) is 10.9. The molecule has 3 rings (SSSR count). The molecule has 0 fully saturated rings. The maximum atomic E-state index is 13.1. The first-order valence-corrected chi connectivity index (χ1v) is 7.45. The molecule has 0 spiro atoms. The largest absolute Gasteiger partial charge is 0.452 e. The van der Waals surface area contributed by atoms with Crippen LogP contribution in [0.25, 0.3) is 17.1 Å². The predicted molar refractivity (Wildman–Crippen MR) is 91.0 cm³/mol. The summed E-state index contributed by atoms with van der Waals surface area (Å²) in [6.45, 7) is 0. The molecule has 27 heavy (non-hydrogen) atoms. The van der Waals surface area contributed by atoms with Gasteiger partial charge >= 0.3 is 12.0 Å². The smallest absolute Gasteiger partial charge is 0.433 e. The van der Waals surface area contributed by atoms with Crippen molar-refractivity contribution in [3.05, 3.63) is 64.1 Å². The Kier molecular flexibility index (Phi) is 4.92. The zero-order valence-corrected chi connectivity index (χ0v) is 13.8. The number of furan rings is 1. The van der Waals surface area contributed by atoms with Gasteiger partial charge < -0.3 is 9.15 Å². The number of nitrogens with one attached hydrogen (secondary N) is 1. The van der Waals surface area contributed by atoms with E-state index < -0.39 is 22.7 Å². The molecule has 2 heterocycles. The molecule has 10 nitrogen and oxygen atoms in total. The number of rotatable bonds is 5. The molecule has 0 saturated carbocycles. The van der Waals surface area contributed by atoms with Crippen molar-refractivity contribution in [2.45, 2.75) is 0 Å². The summed E-state index contributed by atoms with van der Waals surface area (Å²) in [5.74, 6) is -0.726. The van der Waals surface area contributed by atoms with Gasteiger partial charge in [-0.2, -0.15) is 10.2 Å². The van der Waals surface area contributed by atoms with Crippen molar-refractivity contribution in [3.8, 4) is 17.1 Å². The van der Waals surface area contributed by atoms with Crippen molar-refractivity contribution < 1.29 is 23.3 Å². The van der Waals surface area contributed by atoms with Gasteiger partial charge in [-0.15, -0.1) is 0 Å². The minimum atomic E-state index is -0.771. The Morgan fingerprint density at radius 1 is 1.37 bits per heavy atom. The number of ether oxygens (including phenoxy) is 1. The van der Waals surface area contributed by atoms with E-state index in [1.165, 1.54) is 54.4 Å². The monoisotopic (exact) mass is 373 g/mol. The number of nitrogens with zero attached hydrogens (tertiary/aromatic N) is 4. The molecular weight excluding hydrogens is 361 g/mol. The summed E-state index contributed by atoms with van der Waals surface area (Å²) in [6.07, 6.45) is 2.04. The zero-order valence-electron chi connectivity index (χ0n) is 13.8. The highest BCUT2D eigenvalue weighted by atomic mass is 19.1. The van der Waals surface area contributed by atoms with Crippen LogP contribution in [-0.2, 0) is 4.74 Å². The topological polar surface area (TPSA) is 125 Å². The highest BCUT2D eigenvalue weighted by molar-refractivity contribution is 5.88. The molecule has 0 aliphatic rings. The molecule has 0 bridgehead atoms. The molecule has 0 aliphatic carbocycles. The van der Waals surface area contributed by atoms with E-state index in [-0.39, 0.29) is 11.5 Å². The van der Waals surface area contributed by atoms with Gasteiger partial charge in [0.15, 0.2) is 5.76 Å². The number of hydrazone groups is 1. The first-order chi connectivity index (χ1) is 13.0. The highest BCUT2D eigenvalue weighted by Gasteiger charge is 2.19. The SMILES string of the molecule is COC(=O)NN=Cc1cn(-c2ccc(F)cc2)nc1-c1ccc([N+](=O)[O-])o1. The van der Waals surface area contributed by atoms with Crippen LogP contribution in [0, 0.1) is 15.9 Å². The Morgan fingerprint density at radius 2 is 2.11 bits per heavy atom. The third-order valence-electron chi connectivity index (χ3n) is 3.38. The summed E-state index contributed by atoms with van der Waals surface area (Å²) in [5.41, 5.74) is 3.29. The van der Waals surface area contributed by atoms with E-state index in [0.29, 0.717) is 11.3 Å². The van der Waals surface area contributed by atoms with Crippen molar-refractivity contribution in [2.75, 3.05) is 7.11 Å². The van der Waals surface area contributed by atoms with Gasteiger partial charge in [-0.05, 0) is 30.3 Å². The van der Waals surface area contributed by atoms with Gasteiger partial charge in [0.2, 0.25) is 0 Å². The fourth-order valence-electron chi connectivity index (χ4n) is 2.15. The van der Waals surface area contributed by atoms with Gasteiger partial charge in [0.05, 0.1) is 25.1 Å². The summed E-state index contributed by atoms with van der Waals surface area (Å²) in [7, 11) is 1.19. The molecule has 1 aromatic carbocycles. The summed E-state index contributed by atoms with van der Waals surface area (Å²) in [4.78, 5) is 21.3. The second-order valence-electron chi connectivity index (χ2n) is 5.11. The molecule has 0 unspecified atom stereocenters. The van der Waals surface area contributed by atoms with E-state index in [4.69, 9.17) is 4.42 Å². The van der Waals surface area contributed by atoms with Crippen molar-refractivity contribution >= 4 is 18.2 Å². The van der Waals surface area contributed by atoms with Gasteiger partial charge in [-0.1, -0.05) is 0 Å². The van der Waals surface area contributed by atoms with Crippen LogP contribution in [0.15, 0.2) is 52.1 Å². The van der Waals surface area contributed by atoms with Gasteiger partial charge in [-0.3, -0.25) is 10.1 Å². The minimum Gasteiger partial charge on any atom is -0.452 e. The number of carbonyl (C=O) groups excluding carboxylic acids is 1. The second kappa shape index (κ2) is 7.47. The maximum Gasteiger partial charge on any atom is 0.433 e. The molecule has 1 amide bonds. The minimum absolute atomic E-state index is 0.127. The van der Waals surface area contributed by atoms with Crippen LogP contribution in [0.2, 0.25) is 0 Å². The number of methoxy groups -OCH3 is 1. The predicted octanol–water partition coefficient (Wildman–Crippen LogP) is 2.87. The first kappa shape index (κ1) is 17.8. The lowest BCUT2D eigenvalue weighted by atomic mass is 10.2. The standard InChI is InChI=1S/C16H12FN5O5/c1-26-16(23)19-18-8-10-9-21(12-4-2-11(17)3-5-12)20-15(10)13-6-7-14(27-13)22(24)25/h2-9H,1H3,(H,19,23). The van der Waals surface area contributed by atoms with Gasteiger partial charge in [0.1, 0.15) is 16.4 Å². The number of halogens is 1. The van der Waals surface area contributed by atoms with Gasteiger partial charge in [0, 0.05) is 11.8 Å². The second-order valence-corrected chi connectivity index (χ2v) is 5.11. The van der Waals surface area contributed by atoms with Crippen LogP contribution in [-0.4, -0.2) is 34.1 Å². The lowest BCUT2D eigenvalue weighted by Gasteiger charge is -1.99.